The zero-order valence-electron chi connectivity index (χ0n) is 15.6. The number of nitrogens with two attached hydrogens (primary N) is 1. The van der Waals surface area contributed by atoms with Gasteiger partial charge in [-0.1, -0.05) is 0 Å². The van der Waals surface area contributed by atoms with Crippen molar-refractivity contribution in [3.63, 3.8) is 0 Å². The molecule has 0 unspecified atom stereocenters. The van der Waals surface area contributed by atoms with Gasteiger partial charge in [0.1, 0.15) is 11.2 Å². The molecule has 5 rings (SSSR count). The number of H-pyrrole nitrogens is 1. The van der Waals surface area contributed by atoms with Crippen LogP contribution in [0.25, 0.3) is 10.9 Å². The number of hydrogen-bond acceptors (Lipinski definition) is 5. The molecule has 1 aliphatic heterocycles. The van der Waals surface area contributed by atoms with Gasteiger partial charge in [0, 0.05) is 24.7 Å². The van der Waals surface area contributed by atoms with E-state index in [0.717, 1.165) is 18.9 Å². The molecule has 2 aliphatic carbocycles. The standard InChI is InChI=1S/C19H21F3N4O3/c20-12-7-11-13(26(10-1-2-10)18(28)24-16(11)27)15(29-17(21)22)14(12)25-6-3-9(8-25)19(23)4-5-19/h7,9-10,17H,1-6,8,23H2,(H,24,27,28)/t9-/m1/s1. The van der Waals surface area contributed by atoms with E-state index >= 15 is 4.39 Å². The number of benzene rings is 1. The highest BCUT2D eigenvalue weighted by molar-refractivity contribution is 5.91. The quantitative estimate of drug-likeness (QED) is 0.787. The SMILES string of the molecule is NC1([C@@H]2CCN(c3c(F)cc4c(=O)[nH]c(=O)n(C5CC5)c4c3OC(F)F)C2)CC1. The van der Waals surface area contributed by atoms with E-state index in [1.807, 2.05) is 0 Å². The van der Waals surface area contributed by atoms with Crippen LogP contribution in [0.2, 0.25) is 0 Å². The first-order valence-electron chi connectivity index (χ1n) is 9.78. The lowest BCUT2D eigenvalue weighted by Crippen LogP contribution is -2.35. The Bertz CT molecular complexity index is 1100. The van der Waals surface area contributed by atoms with Crippen LogP contribution in [0.4, 0.5) is 18.9 Å². The number of halogens is 3. The van der Waals surface area contributed by atoms with Gasteiger partial charge in [-0.3, -0.25) is 14.3 Å². The molecule has 1 aromatic carbocycles. The molecule has 0 spiro atoms. The lowest BCUT2D eigenvalue weighted by molar-refractivity contribution is -0.0488. The largest absolute Gasteiger partial charge is 0.430 e. The van der Waals surface area contributed by atoms with Gasteiger partial charge in [0.2, 0.25) is 0 Å². The number of rotatable bonds is 5. The van der Waals surface area contributed by atoms with Gasteiger partial charge in [0.05, 0.1) is 5.39 Å². The number of nitrogens with zero attached hydrogens (tertiary/aromatic N) is 2. The number of anilines is 1. The summed E-state index contributed by atoms with van der Waals surface area (Å²) in [6.07, 6.45) is 3.84. The summed E-state index contributed by atoms with van der Waals surface area (Å²) in [6.45, 7) is -2.39. The molecule has 29 heavy (non-hydrogen) atoms. The molecule has 3 N–H and O–H groups in total. The third-order valence-corrected chi connectivity index (χ3v) is 6.37. The molecule has 10 heteroatoms. The molecule has 1 aromatic heterocycles. The smallest absolute Gasteiger partial charge is 0.387 e. The molecule has 156 valence electrons. The molecule has 7 nitrogen and oxygen atoms in total. The first-order valence-corrected chi connectivity index (χ1v) is 9.78. The van der Waals surface area contributed by atoms with Crippen molar-refractivity contribution < 1.29 is 17.9 Å². The first-order chi connectivity index (χ1) is 13.8. The van der Waals surface area contributed by atoms with Crippen LogP contribution in [0, 0.1) is 11.7 Å². The van der Waals surface area contributed by atoms with Crippen LogP contribution >= 0.6 is 0 Å². The van der Waals surface area contributed by atoms with E-state index in [9.17, 15) is 18.4 Å². The zero-order chi connectivity index (χ0) is 20.5. The van der Waals surface area contributed by atoms with Crippen LogP contribution < -0.4 is 26.6 Å². The van der Waals surface area contributed by atoms with Crippen LogP contribution in [0.5, 0.6) is 5.75 Å². The zero-order valence-corrected chi connectivity index (χ0v) is 15.6. The van der Waals surface area contributed by atoms with E-state index in [0.29, 0.717) is 32.4 Å². The Hall–Kier alpha value is -2.49. The van der Waals surface area contributed by atoms with E-state index in [1.54, 1.807) is 4.90 Å². The van der Waals surface area contributed by atoms with Crippen LogP contribution in [-0.2, 0) is 0 Å². The van der Waals surface area contributed by atoms with E-state index in [2.05, 4.69) is 4.98 Å². The number of ether oxygens (including phenoxy) is 1. The fraction of sp³-hybridized carbons (Fsp3) is 0.579. The van der Waals surface area contributed by atoms with Crippen molar-refractivity contribution in [2.45, 2.75) is 50.3 Å². The van der Waals surface area contributed by atoms with Gasteiger partial charge in [-0.2, -0.15) is 8.78 Å². The van der Waals surface area contributed by atoms with Crippen molar-refractivity contribution in [3.05, 3.63) is 32.7 Å². The number of fused-ring (bicyclic) bond motifs is 1. The minimum Gasteiger partial charge on any atom is -0.430 e. The average Bonchev–Trinajstić information content (AvgIpc) is 3.56. The maximum Gasteiger partial charge on any atom is 0.387 e. The van der Waals surface area contributed by atoms with Crippen molar-refractivity contribution in [2.75, 3.05) is 18.0 Å². The van der Waals surface area contributed by atoms with Crippen LogP contribution in [0.15, 0.2) is 15.7 Å². The molecular formula is C19H21F3N4O3. The molecule has 3 aliphatic rings. The molecule has 2 saturated carbocycles. The van der Waals surface area contributed by atoms with Crippen molar-refractivity contribution in [3.8, 4) is 5.75 Å². The maximum atomic E-state index is 15.1. The second-order valence-electron chi connectivity index (χ2n) is 8.34. The van der Waals surface area contributed by atoms with E-state index in [1.165, 1.54) is 4.57 Å². The normalized spacial score (nSPS) is 23.2. The molecule has 2 aromatic rings. The van der Waals surface area contributed by atoms with E-state index < -0.39 is 29.4 Å². The van der Waals surface area contributed by atoms with Crippen LogP contribution in [-0.4, -0.2) is 34.8 Å². The molecule has 2 heterocycles. The maximum absolute atomic E-state index is 15.1. The summed E-state index contributed by atoms with van der Waals surface area (Å²) in [6, 6.07) is 0.772. The summed E-state index contributed by atoms with van der Waals surface area (Å²) in [5, 5.41) is -0.179. The van der Waals surface area contributed by atoms with Gasteiger partial charge in [-0.05, 0) is 44.1 Å². The van der Waals surface area contributed by atoms with Gasteiger partial charge in [-0.15, -0.1) is 0 Å². The highest BCUT2D eigenvalue weighted by atomic mass is 19.3. The lowest BCUT2D eigenvalue weighted by atomic mass is 9.97. The summed E-state index contributed by atoms with van der Waals surface area (Å²) in [7, 11) is 0. The van der Waals surface area contributed by atoms with Crippen LogP contribution in [0.3, 0.4) is 0 Å². The predicted octanol–water partition coefficient (Wildman–Crippen LogP) is 2.08. The summed E-state index contributed by atoms with van der Waals surface area (Å²) < 4.78 is 47.7. The number of aromatic amines is 1. The van der Waals surface area contributed by atoms with Crippen LogP contribution in [0.1, 0.15) is 38.1 Å². The number of alkyl halides is 2. The molecule has 0 radical (unpaired) electrons. The second kappa shape index (κ2) is 6.25. The predicted molar refractivity (Wildman–Crippen MR) is 100 cm³/mol. The molecule has 1 saturated heterocycles. The Labute approximate surface area is 163 Å². The summed E-state index contributed by atoms with van der Waals surface area (Å²) in [4.78, 5) is 28.5. The first kappa shape index (κ1) is 18.5. The highest BCUT2D eigenvalue weighted by Crippen LogP contribution is 2.48. The number of hydrogen-bond donors (Lipinski definition) is 2. The highest BCUT2D eigenvalue weighted by Gasteiger charge is 2.48. The van der Waals surface area contributed by atoms with Crippen molar-refractivity contribution >= 4 is 16.6 Å². The van der Waals surface area contributed by atoms with Gasteiger partial charge in [-0.25, -0.2) is 9.18 Å². The van der Waals surface area contributed by atoms with E-state index in [-0.39, 0.29) is 34.1 Å². The van der Waals surface area contributed by atoms with Crippen molar-refractivity contribution in [1.82, 2.24) is 9.55 Å². The summed E-state index contributed by atoms with van der Waals surface area (Å²) in [5.74, 6) is -1.16. The average molecular weight is 410 g/mol. The Morgan fingerprint density at radius 2 is 1.97 bits per heavy atom. The fourth-order valence-electron chi connectivity index (χ4n) is 4.51. The van der Waals surface area contributed by atoms with Gasteiger partial charge in [0.15, 0.2) is 11.6 Å². The fourth-order valence-corrected chi connectivity index (χ4v) is 4.51. The number of nitrogens with one attached hydrogen (secondary N) is 1. The Morgan fingerprint density at radius 1 is 1.24 bits per heavy atom. The molecule has 0 amide bonds. The van der Waals surface area contributed by atoms with Gasteiger partial charge < -0.3 is 15.4 Å². The van der Waals surface area contributed by atoms with Gasteiger partial charge in [0.25, 0.3) is 5.56 Å². The molecule has 1 atom stereocenters. The monoisotopic (exact) mass is 410 g/mol. The van der Waals surface area contributed by atoms with Crippen molar-refractivity contribution in [1.29, 1.82) is 0 Å². The van der Waals surface area contributed by atoms with Crippen molar-refractivity contribution in [2.24, 2.45) is 11.7 Å². The molecular weight excluding hydrogens is 389 g/mol. The Morgan fingerprint density at radius 3 is 2.59 bits per heavy atom. The Balaban J connectivity index is 1.73. The minimum absolute atomic E-state index is 0.0738. The Kier molecular flexibility index (Phi) is 4.00. The second-order valence-corrected chi connectivity index (χ2v) is 8.34. The third kappa shape index (κ3) is 3.00. The summed E-state index contributed by atoms with van der Waals surface area (Å²) in [5.41, 5.74) is 4.26. The number of aromatic nitrogens is 2. The lowest BCUT2D eigenvalue weighted by Gasteiger charge is -2.25. The minimum atomic E-state index is -3.23. The third-order valence-electron chi connectivity index (χ3n) is 6.37. The van der Waals surface area contributed by atoms with Gasteiger partial charge >= 0.3 is 12.3 Å². The topological polar surface area (TPSA) is 93.4 Å². The molecule has 3 fully saturated rings. The molecule has 0 bridgehead atoms. The summed E-state index contributed by atoms with van der Waals surface area (Å²) >= 11 is 0. The van der Waals surface area contributed by atoms with E-state index in [4.69, 9.17) is 10.5 Å².